The van der Waals surface area contributed by atoms with Gasteiger partial charge in [-0.3, -0.25) is 14.5 Å². The molecular weight excluding hydrogens is 487 g/mol. The summed E-state index contributed by atoms with van der Waals surface area (Å²) in [4.78, 5) is 30.9. The molecule has 2 heterocycles. The van der Waals surface area contributed by atoms with Crippen LogP contribution in [0.25, 0.3) is 0 Å². The molecule has 4 rings (SSSR count). The summed E-state index contributed by atoms with van der Waals surface area (Å²) in [6.07, 6.45) is 1.75. The van der Waals surface area contributed by atoms with Crippen molar-refractivity contribution in [3.05, 3.63) is 63.6 Å². The number of rotatable bonds is 6. The van der Waals surface area contributed by atoms with Crippen LogP contribution in [0.3, 0.4) is 0 Å². The van der Waals surface area contributed by atoms with Gasteiger partial charge >= 0.3 is 0 Å². The third-order valence-corrected chi connectivity index (χ3v) is 7.56. The second-order valence-corrected chi connectivity index (χ2v) is 10.6. The molecule has 0 spiro atoms. The lowest BCUT2D eigenvalue weighted by molar-refractivity contribution is -0.152. The van der Waals surface area contributed by atoms with Crippen molar-refractivity contribution in [2.45, 2.75) is 37.5 Å². The second kappa shape index (κ2) is 10.3. The molecule has 0 bridgehead atoms. The molecule has 35 heavy (non-hydrogen) atoms. The average Bonchev–Trinajstić information content (AvgIpc) is 2.80. The van der Waals surface area contributed by atoms with Crippen molar-refractivity contribution in [2.24, 2.45) is 0 Å². The van der Waals surface area contributed by atoms with Crippen LogP contribution in [0.15, 0.2) is 42.5 Å². The van der Waals surface area contributed by atoms with Gasteiger partial charge in [-0.1, -0.05) is 53.5 Å². The Morgan fingerprint density at radius 2 is 1.63 bits per heavy atom. The van der Waals surface area contributed by atoms with E-state index in [1.165, 1.54) is 4.90 Å². The number of carbonyl (C=O) groups excluding carboxylic acids is 2. The fourth-order valence-corrected chi connectivity index (χ4v) is 5.50. The van der Waals surface area contributed by atoms with Gasteiger partial charge in [0.05, 0.1) is 21.7 Å². The van der Waals surface area contributed by atoms with Gasteiger partial charge in [-0.2, -0.15) is 0 Å². The van der Waals surface area contributed by atoms with Gasteiger partial charge in [0.1, 0.15) is 0 Å². The quantitative estimate of drug-likeness (QED) is 0.609. The smallest absolute Gasteiger partial charge is 0.258 e. The highest BCUT2D eigenvalue weighted by atomic mass is 35.5. The number of anilines is 1. The Balaban J connectivity index is 1.27. The maximum absolute atomic E-state index is 13.0. The van der Waals surface area contributed by atoms with Crippen LogP contribution in [0.2, 0.25) is 10.0 Å². The molecule has 2 amide bonds. The average molecular weight is 519 g/mol. The third kappa shape index (κ3) is 5.43. The van der Waals surface area contributed by atoms with E-state index < -0.39 is 5.60 Å². The van der Waals surface area contributed by atoms with E-state index in [0.717, 1.165) is 31.6 Å². The van der Waals surface area contributed by atoms with E-state index in [-0.39, 0.29) is 17.9 Å². The molecule has 2 fully saturated rings. The SMILES string of the molecule is CN(C)C(=O)c1c(Cl)cc(NC2CN(C3CCN(C(=O)[C@@](C)(O)c4ccccc4)CC3)C2)cc1Cl. The molecule has 2 aromatic rings. The minimum Gasteiger partial charge on any atom is -0.380 e. The highest BCUT2D eigenvalue weighted by Gasteiger charge is 2.40. The number of nitrogens with one attached hydrogen (secondary N) is 1. The number of amides is 2. The number of carbonyl (C=O) groups is 2. The predicted octanol–water partition coefficient (Wildman–Crippen LogP) is 3.69. The number of piperidine rings is 1. The zero-order valence-corrected chi connectivity index (χ0v) is 21.8. The molecule has 0 aromatic heterocycles. The molecule has 2 saturated heterocycles. The molecule has 2 aliphatic rings. The fourth-order valence-electron chi connectivity index (χ4n) is 4.85. The van der Waals surface area contributed by atoms with E-state index in [2.05, 4.69) is 10.2 Å². The first-order chi connectivity index (χ1) is 16.6. The Kier molecular flexibility index (Phi) is 7.62. The standard InChI is InChI=1S/C26H32Cl2N4O3/c1-26(35,17-7-5-4-6-8-17)25(34)31-11-9-20(10-12-31)32-15-19(16-32)29-18-13-21(27)23(22(28)14-18)24(33)30(2)3/h4-8,13-14,19-20,29,35H,9-12,15-16H2,1-3H3/t26-/m0/s1. The maximum Gasteiger partial charge on any atom is 0.258 e. The largest absolute Gasteiger partial charge is 0.380 e. The Labute approximate surface area is 216 Å². The minimum absolute atomic E-state index is 0.225. The summed E-state index contributed by atoms with van der Waals surface area (Å²) in [5.74, 6) is -0.466. The van der Waals surface area contributed by atoms with Crippen molar-refractivity contribution < 1.29 is 14.7 Å². The van der Waals surface area contributed by atoms with Crippen LogP contribution in [-0.4, -0.2) is 84.0 Å². The lowest BCUT2D eigenvalue weighted by atomic mass is 9.92. The summed E-state index contributed by atoms with van der Waals surface area (Å²) >= 11 is 12.7. The van der Waals surface area contributed by atoms with Crippen LogP contribution in [0.5, 0.6) is 0 Å². The van der Waals surface area contributed by atoms with Gasteiger partial charge in [0, 0.05) is 52.0 Å². The molecule has 188 valence electrons. The van der Waals surface area contributed by atoms with Crippen LogP contribution < -0.4 is 5.32 Å². The van der Waals surface area contributed by atoms with Crippen LogP contribution in [0.4, 0.5) is 5.69 Å². The zero-order chi connectivity index (χ0) is 25.3. The molecule has 0 radical (unpaired) electrons. The van der Waals surface area contributed by atoms with Gasteiger partial charge in [0.2, 0.25) is 0 Å². The third-order valence-electron chi connectivity index (χ3n) is 6.96. The van der Waals surface area contributed by atoms with Crippen molar-refractivity contribution in [1.29, 1.82) is 0 Å². The second-order valence-electron chi connectivity index (χ2n) is 9.77. The number of hydrogen-bond acceptors (Lipinski definition) is 5. The topological polar surface area (TPSA) is 76.1 Å². The Bertz CT molecular complexity index is 1060. The molecule has 0 saturated carbocycles. The Morgan fingerprint density at radius 1 is 1.06 bits per heavy atom. The normalized spacial score (nSPS) is 19.1. The highest BCUT2D eigenvalue weighted by Crippen LogP contribution is 2.32. The molecule has 2 N–H and O–H groups in total. The summed E-state index contributed by atoms with van der Waals surface area (Å²) in [6, 6.07) is 13.3. The van der Waals surface area contributed by atoms with E-state index in [4.69, 9.17) is 23.2 Å². The van der Waals surface area contributed by atoms with Gasteiger partial charge in [0.25, 0.3) is 11.8 Å². The van der Waals surface area contributed by atoms with Crippen LogP contribution in [0, 0.1) is 0 Å². The number of halogens is 2. The van der Waals surface area contributed by atoms with Gasteiger partial charge in [-0.05, 0) is 37.5 Å². The summed E-state index contributed by atoms with van der Waals surface area (Å²) in [7, 11) is 3.33. The number of hydrogen-bond donors (Lipinski definition) is 2. The van der Waals surface area contributed by atoms with Crippen molar-refractivity contribution in [3.8, 4) is 0 Å². The number of likely N-dealkylation sites (tertiary alicyclic amines) is 2. The molecular formula is C26H32Cl2N4O3. The number of aliphatic hydroxyl groups is 1. The number of nitrogens with zero attached hydrogens (tertiary/aromatic N) is 3. The Morgan fingerprint density at radius 3 is 2.17 bits per heavy atom. The van der Waals surface area contributed by atoms with Crippen molar-refractivity contribution >= 4 is 40.7 Å². The minimum atomic E-state index is -1.52. The van der Waals surface area contributed by atoms with Gasteiger partial charge in [-0.15, -0.1) is 0 Å². The summed E-state index contributed by atoms with van der Waals surface area (Å²) in [5.41, 5.74) is 0.202. The summed E-state index contributed by atoms with van der Waals surface area (Å²) in [5, 5.41) is 15.0. The van der Waals surface area contributed by atoms with Crippen molar-refractivity contribution in [2.75, 3.05) is 45.6 Å². The molecule has 0 unspecified atom stereocenters. The fraction of sp³-hybridized carbons (Fsp3) is 0.462. The molecule has 1 atom stereocenters. The molecule has 7 nitrogen and oxygen atoms in total. The van der Waals surface area contributed by atoms with Gasteiger partial charge < -0.3 is 20.2 Å². The van der Waals surface area contributed by atoms with Crippen LogP contribution >= 0.6 is 23.2 Å². The van der Waals surface area contributed by atoms with E-state index in [0.29, 0.717) is 40.3 Å². The van der Waals surface area contributed by atoms with Gasteiger partial charge in [-0.25, -0.2) is 0 Å². The summed E-state index contributed by atoms with van der Waals surface area (Å²) < 4.78 is 0. The lowest BCUT2D eigenvalue weighted by Crippen LogP contribution is -2.61. The van der Waals surface area contributed by atoms with E-state index in [1.54, 1.807) is 50.2 Å². The van der Waals surface area contributed by atoms with E-state index in [1.807, 2.05) is 18.2 Å². The van der Waals surface area contributed by atoms with Crippen LogP contribution in [-0.2, 0) is 10.4 Å². The monoisotopic (exact) mass is 518 g/mol. The van der Waals surface area contributed by atoms with Crippen LogP contribution in [0.1, 0.15) is 35.7 Å². The van der Waals surface area contributed by atoms with E-state index in [9.17, 15) is 14.7 Å². The first kappa shape index (κ1) is 25.8. The first-order valence-electron chi connectivity index (χ1n) is 11.9. The molecule has 2 aromatic carbocycles. The van der Waals surface area contributed by atoms with Gasteiger partial charge in [0.15, 0.2) is 5.60 Å². The molecule has 9 heteroatoms. The van der Waals surface area contributed by atoms with E-state index >= 15 is 0 Å². The molecule has 2 aliphatic heterocycles. The first-order valence-corrected chi connectivity index (χ1v) is 12.6. The zero-order valence-electron chi connectivity index (χ0n) is 20.3. The predicted molar refractivity (Wildman–Crippen MR) is 139 cm³/mol. The van der Waals surface area contributed by atoms with Crippen molar-refractivity contribution in [3.63, 3.8) is 0 Å². The Hall–Kier alpha value is -2.32. The number of benzene rings is 2. The van der Waals surface area contributed by atoms with Crippen molar-refractivity contribution in [1.82, 2.24) is 14.7 Å². The summed E-state index contributed by atoms with van der Waals surface area (Å²) in [6.45, 7) is 4.60. The highest BCUT2D eigenvalue weighted by molar-refractivity contribution is 6.40. The maximum atomic E-state index is 13.0. The molecule has 0 aliphatic carbocycles. The lowest BCUT2D eigenvalue weighted by Gasteiger charge is -2.48.